The molecule has 0 radical (unpaired) electrons. The zero-order chi connectivity index (χ0) is 16.8. The first-order valence-electron chi connectivity index (χ1n) is 8.34. The quantitative estimate of drug-likeness (QED) is 0.876. The Labute approximate surface area is 138 Å². The molecule has 1 aromatic carbocycles. The molecule has 0 heterocycles. The lowest BCUT2D eigenvalue weighted by Crippen LogP contribution is -2.45. The fourth-order valence-corrected chi connectivity index (χ4v) is 3.19. The lowest BCUT2D eigenvalue weighted by Gasteiger charge is -2.27. The van der Waals surface area contributed by atoms with Crippen LogP contribution in [0.3, 0.4) is 0 Å². The molecule has 1 aliphatic rings. The van der Waals surface area contributed by atoms with Crippen molar-refractivity contribution in [2.24, 2.45) is 5.92 Å². The molecule has 1 aliphatic carbocycles. The van der Waals surface area contributed by atoms with Crippen LogP contribution in [0.15, 0.2) is 24.3 Å². The van der Waals surface area contributed by atoms with Gasteiger partial charge in [0.2, 0.25) is 5.91 Å². The lowest BCUT2D eigenvalue weighted by molar-refractivity contribution is -0.135. The van der Waals surface area contributed by atoms with Crippen LogP contribution in [-0.4, -0.2) is 43.0 Å². The van der Waals surface area contributed by atoms with Crippen molar-refractivity contribution in [1.82, 2.24) is 10.2 Å². The van der Waals surface area contributed by atoms with Crippen LogP contribution in [0.1, 0.15) is 43.5 Å². The lowest BCUT2D eigenvalue weighted by atomic mass is 10.0. The van der Waals surface area contributed by atoms with Crippen LogP contribution in [0, 0.1) is 5.92 Å². The number of nitrogens with zero attached hydrogens (tertiary/aromatic N) is 1. The Morgan fingerprint density at radius 1 is 1.17 bits per heavy atom. The fraction of sp³-hybridized carbons (Fsp3) is 0.556. The van der Waals surface area contributed by atoms with Crippen molar-refractivity contribution in [2.45, 2.75) is 39.2 Å². The van der Waals surface area contributed by atoms with E-state index in [1.807, 2.05) is 18.7 Å². The van der Waals surface area contributed by atoms with Gasteiger partial charge in [-0.05, 0) is 51.0 Å². The molecule has 1 saturated carbocycles. The van der Waals surface area contributed by atoms with Gasteiger partial charge in [-0.1, -0.05) is 6.42 Å². The molecule has 5 heteroatoms. The van der Waals surface area contributed by atoms with E-state index in [0.29, 0.717) is 18.7 Å². The summed E-state index contributed by atoms with van der Waals surface area (Å²) >= 11 is 0. The summed E-state index contributed by atoms with van der Waals surface area (Å²) in [6.45, 7) is 5.40. The fourth-order valence-electron chi connectivity index (χ4n) is 3.19. The van der Waals surface area contributed by atoms with E-state index in [1.165, 1.54) is 0 Å². The van der Waals surface area contributed by atoms with Gasteiger partial charge >= 0.3 is 0 Å². The summed E-state index contributed by atoms with van der Waals surface area (Å²) in [5.74, 6) is 0.651. The normalized spacial score (nSPS) is 20.1. The average Bonchev–Trinajstić information content (AvgIpc) is 3.04. The van der Waals surface area contributed by atoms with Gasteiger partial charge in [0, 0.05) is 24.7 Å². The van der Waals surface area contributed by atoms with Gasteiger partial charge in [-0.15, -0.1) is 0 Å². The van der Waals surface area contributed by atoms with Crippen LogP contribution in [0.4, 0.5) is 0 Å². The van der Waals surface area contributed by atoms with Crippen LogP contribution >= 0.6 is 0 Å². The van der Waals surface area contributed by atoms with Gasteiger partial charge < -0.3 is 15.0 Å². The molecule has 0 spiro atoms. The second kappa shape index (κ2) is 7.99. The summed E-state index contributed by atoms with van der Waals surface area (Å²) in [7, 11) is 1.59. The first-order valence-corrected chi connectivity index (χ1v) is 8.34. The first kappa shape index (κ1) is 17.3. The van der Waals surface area contributed by atoms with E-state index in [4.69, 9.17) is 4.74 Å². The molecule has 23 heavy (non-hydrogen) atoms. The zero-order valence-corrected chi connectivity index (χ0v) is 14.2. The number of carbonyl (C=O) groups excluding carboxylic acids is 2. The number of hydrogen-bond acceptors (Lipinski definition) is 3. The maximum atomic E-state index is 12.6. The molecule has 0 aliphatic heterocycles. The van der Waals surface area contributed by atoms with Gasteiger partial charge in [-0.25, -0.2) is 0 Å². The Hall–Kier alpha value is -2.04. The van der Waals surface area contributed by atoms with Crippen molar-refractivity contribution >= 4 is 11.8 Å². The molecular formula is C18H26N2O3. The monoisotopic (exact) mass is 318 g/mol. The summed E-state index contributed by atoms with van der Waals surface area (Å²) in [6.07, 6.45) is 2.69. The number of rotatable bonds is 6. The molecule has 0 aromatic heterocycles. The Kier molecular flexibility index (Phi) is 6.02. The number of hydrogen-bond donors (Lipinski definition) is 1. The highest BCUT2D eigenvalue weighted by Gasteiger charge is 2.35. The molecule has 126 valence electrons. The predicted molar refractivity (Wildman–Crippen MR) is 89.5 cm³/mol. The maximum Gasteiger partial charge on any atom is 0.251 e. The number of nitrogens with one attached hydrogen (secondary N) is 1. The predicted octanol–water partition coefficient (Wildman–Crippen LogP) is 2.46. The highest BCUT2D eigenvalue weighted by atomic mass is 16.5. The molecular weight excluding hydrogens is 292 g/mol. The summed E-state index contributed by atoms with van der Waals surface area (Å²) in [6, 6.07) is 6.94. The van der Waals surface area contributed by atoms with Crippen molar-refractivity contribution in [3.8, 4) is 5.75 Å². The van der Waals surface area contributed by atoms with Crippen molar-refractivity contribution in [2.75, 3.05) is 20.2 Å². The van der Waals surface area contributed by atoms with Gasteiger partial charge in [0.15, 0.2) is 0 Å². The van der Waals surface area contributed by atoms with E-state index < -0.39 is 0 Å². The van der Waals surface area contributed by atoms with Crippen LogP contribution in [-0.2, 0) is 4.79 Å². The van der Waals surface area contributed by atoms with E-state index in [-0.39, 0.29) is 23.8 Å². The molecule has 2 rings (SSSR count). The summed E-state index contributed by atoms with van der Waals surface area (Å²) in [4.78, 5) is 26.8. The molecule has 1 aromatic rings. The number of ether oxygens (including phenoxy) is 1. The molecule has 2 amide bonds. The zero-order valence-electron chi connectivity index (χ0n) is 14.2. The average molecular weight is 318 g/mol. The van der Waals surface area contributed by atoms with Gasteiger partial charge in [-0.2, -0.15) is 0 Å². The van der Waals surface area contributed by atoms with E-state index in [1.54, 1.807) is 31.4 Å². The van der Waals surface area contributed by atoms with E-state index in [2.05, 4.69) is 5.32 Å². The third kappa shape index (κ3) is 4.03. The highest BCUT2D eigenvalue weighted by molar-refractivity contribution is 5.95. The number of methoxy groups -OCH3 is 1. The first-order chi connectivity index (χ1) is 11.1. The largest absolute Gasteiger partial charge is 0.497 e. The minimum Gasteiger partial charge on any atom is -0.497 e. The van der Waals surface area contributed by atoms with E-state index in [9.17, 15) is 9.59 Å². The van der Waals surface area contributed by atoms with Gasteiger partial charge in [-0.3, -0.25) is 9.59 Å². The minimum absolute atomic E-state index is 0.0716. The Morgan fingerprint density at radius 2 is 1.83 bits per heavy atom. The Morgan fingerprint density at radius 3 is 2.39 bits per heavy atom. The Balaban J connectivity index is 2.02. The van der Waals surface area contributed by atoms with Gasteiger partial charge in [0.25, 0.3) is 5.91 Å². The summed E-state index contributed by atoms with van der Waals surface area (Å²) < 4.78 is 5.10. The molecule has 5 nitrogen and oxygen atoms in total. The molecule has 0 bridgehead atoms. The smallest absolute Gasteiger partial charge is 0.251 e. The summed E-state index contributed by atoms with van der Waals surface area (Å²) in [5.41, 5.74) is 0.590. The summed E-state index contributed by atoms with van der Waals surface area (Å²) in [5, 5.41) is 3.04. The standard InChI is InChI=1S/C18H26N2O3/c1-4-20(5-2)18(22)15-7-6-8-16(15)19-17(21)13-9-11-14(23-3)12-10-13/h9-12,15-16H,4-8H2,1-3H3,(H,19,21)/t15-,16+/m0/s1. The SMILES string of the molecule is CCN(CC)C(=O)[C@H]1CCC[C@H]1NC(=O)c1ccc(OC)cc1. The molecule has 2 atom stereocenters. The second-order valence-corrected chi connectivity index (χ2v) is 5.86. The maximum absolute atomic E-state index is 12.6. The van der Waals surface area contributed by atoms with Crippen molar-refractivity contribution in [3.05, 3.63) is 29.8 Å². The topological polar surface area (TPSA) is 58.6 Å². The van der Waals surface area contributed by atoms with E-state index in [0.717, 1.165) is 25.0 Å². The van der Waals surface area contributed by atoms with Crippen LogP contribution in [0.25, 0.3) is 0 Å². The highest BCUT2D eigenvalue weighted by Crippen LogP contribution is 2.28. The number of benzene rings is 1. The van der Waals surface area contributed by atoms with Crippen molar-refractivity contribution in [1.29, 1.82) is 0 Å². The molecule has 1 N–H and O–H groups in total. The van der Waals surface area contributed by atoms with Gasteiger partial charge in [0.05, 0.1) is 13.0 Å². The third-order valence-electron chi connectivity index (χ3n) is 4.58. The number of amides is 2. The number of carbonyl (C=O) groups is 2. The van der Waals surface area contributed by atoms with Crippen LogP contribution < -0.4 is 10.1 Å². The van der Waals surface area contributed by atoms with Crippen LogP contribution in [0.5, 0.6) is 5.75 Å². The minimum atomic E-state index is -0.128. The molecule has 1 fully saturated rings. The van der Waals surface area contributed by atoms with E-state index >= 15 is 0 Å². The Bertz CT molecular complexity index is 538. The van der Waals surface area contributed by atoms with Crippen LogP contribution in [0.2, 0.25) is 0 Å². The van der Waals surface area contributed by atoms with Crippen molar-refractivity contribution in [3.63, 3.8) is 0 Å². The van der Waals surface area contributed by atoms with Crippen molar-refractivity contribution < 1.29 is 14.3 Å². The second-order valence-electron chi connectivity index (χ2n) is 5.86. The molecule has 0 saturated heterocycles. The third-order valence-corrected chi connectivity index (χ3v) is 4.58. The van der Waals surface area contributed by atoms with Gasteiger partial charge in [0.1, 0.15) is 5.75 Å². The molecule has 0 unspecified atom stereocenters.